The Morgan fingerprint density at radius 2 is 1.95 bits per heavy atom. The predicted octanol–water partition coefficient (Wildman–Crippen LogP) is 2.02. The Morgan fingerprint density at radius 3 is 2.70 bits per heavy atom. The summed E-state index contributed by atoms with van der Waals surface area (Å²) in [7, 11) is 1.54. The van der Waals surface area contributed by atoms with Crippen LogP contribution in [0.2, 0.25) is 0 Å². The number of anilines is 2. The van der Waals surface area contributed by atoms with Gasteiger partial charge in [-0.3, -0.25) is 0 Å². The van der Waals surface area contributed by atoms with Crippen LogP contribution >= 0.6 is 0 Å². The van der Waals surface area contributed by atoms with Gasteiger partial charge in [0.1, 0.15) is 11.3 Å². The molecular formula is C14H12N4O2. The van der Waals surface area contributed by atoms with Crippen molar-refractivity contribution in [3.63, 3.8) is 0 Å². The Bertz CT molecular complexity index is 747. The van der Waals surface area contributed by atoms with Crippen LogP contribution in [-0.4, -0.2) is 17.2 Å². The normalized spacial score (nSPS) is 10.4. The summed E-state index contributed by atoms with van der Waals surface area (Å²) in [6, 6.07) is 14.5. The smallest absolute Gasteiger partial charge is 0.295 e. The molecule has 0 saturated carbocycles. The molecule has 0 bridgehead atoms. The summed E-state index contributed by atoms with van der Waals surface area (Å²) in [5.74, 6) is 0.846. The van der Waals surface area contributed by atoms with Crippen LogP contribution in [0.25, 0.3) is 11.0 Å². The summed E-state index contributed by atoms with van der Waals surface area (Å²) < 4.78 is 5.08. The van der Waals surface area contributed by atoms with Crippen LogP contribution in [0.3, 0.4) is 0 Å². The predicted molar refractivity (Wildman–Crippen MR) is 74.8 cm³/mol. The second kappa shape index (κ2) is 5.00. The largest absolute Gasteiger partial charge is 0.594 e. The van der Waals surface area contributed by atoms with E-state index in [4.69, 9.17) is 4.74 Å². The average molecular weight is 268 g/mol. The molecule has 0 amide bonds. The van der Waals surface area contributed by atoms with Crippen LogP contribution in [0.4, 0.5) is 11.6 Å². The molecule has 0 atom stereocenters. The molecular weight excluding hydrogens is 256 g/mol. The number of nitrogens with zero attached hydrogens (tertiary/aromatic N) is 3. The first-order valence-electron chi connectivity index (χ1n) is 6.04. The molecule has 0 aliphatic heterocycles. The van der Waals surface area contributed by atoms with Crippen molar-refractivity contribution in [2.24, 2.45) is 0 Å². The third-order valence-corrected chi connectivity index (χ3v) is 2.83. The number of methoxy groups -OCH3 is 1. The summed E-state index contributed by atoms with van der Waals surface area (Å²) in [6.45, 7) is 0. The minimum atomic E-state index is 0.254. The van der Waals surface area contributed by atoms with E-state index < -0.39 is 0 Å². The standard InChI is InChI=1S/C14H12N4O2/c1-20-11-7-8-12-13(9-11)18(19)17-14(16-12)15-10-5-3-2-4-6-10/h2-9H,1H3,(H,15,16,17). The molecule has 0 fully saturated rings. The van der Waals surface area contributed by atoms with Crippen molar-refractivity contribution in [1.82, 2.24) is 10.1 Å². The third-order valence-electron chi connectivity index (χ3n) is 2.83. The lowest BCUT2D eigenvalue weighted by atomic mass is 10.3. The van der Waals surface area contributed by atoms with Gasteiger partial charge < -0.3 is 15.3 Å². The van der Waals surface area contributed by atoms with E-state index in [1.807, 2.05) is 30.3 Å². The van der Waals surface area contributed by atoms with Crippen molar-refractivity contribution >= 4 is 22.7 Å². The number of aromatic nitrogens is 3. The van der Waals surface area contributed by atoms with Gasteiger partial charge in [0.15, 0.2) is 0 Å². The molecule has 0 radical (unpaired) electrons. The highest BCUT2D eigenvalue weighted by Gasteiger charge is 2.12. The van der Waals surface area contributed by atoms with Crippen LogP contribution in [0.1, 0.15) is 0 Å². The van der Waals surface area contributed by atoms with Gasteiger partial charge in [0.05, 0.1) is 18.3 Å². The number of hydrogen-bond donors (Lipinski definition) is 1. The molecule has 2 aromatic carbocycles. The van der Waals surface area contributed by atoms with E-state index in [1.165, 1.54) is 0 Å². The van der Waals surface area contributed by atoms with E-state index >= 15 is 0 Å². The Kier molecular flexibility index (Phi) is 3.04. The molecule has 100 valence electrons. The number of rotatable bonds is 3. The van der Waals surface area contributed by atoms with Crippen LogP contribution in [-0.2, 0) is 0 Å². The first-order chi connectivity index (χ1) is 9.76. The van der Waals surface area contributed by atoms with Crippen molar-refractivity contribution in [3.8, 4) is 5.75 Å². The first-order valence-corrected chi connectivity index (χ1v) is 6.04. The molecule has 20 heavy (non-hydrogen) atoms. The van der Waals surface area contributed by atoms with Crippen molar-refractivity contribution in [2.75, 3.05) is 12.4 Å². The summed E-state index contributed by atoms with van der Waals surface area (Å²) in [4.78, 5) is 4.85. The number of nitrogens with one attached hydrogen (secondary N) is 1. The average Bonchev–Trinajstić information content (AvgIpc) is 2.48. The molecule has 0 saturated heterocycles. The van der Waals surface area contributed by atoms with E-state index in [1.54, 1.807) is 25.3 Å². The van der Waals surface area contributed by atoms with Gasteiger partial charge in [-0.1, -0.05) is 18.2 Å². The quantitative estimate of drug-likeness (QED) is 0.581. The van der Waals surface area contributed by atoms with E-state index in [0.717, 1.165) is 5.69 Å². The lowest BCUT2D eigenvalue weighted by Gasteiger charge is -2.06. The molecule has 0 spiro atoms. The summed E-state index contributed by atoms with van der Waals surface area (Å²) in [6.07, 6.45) is 0. The van der Waals surface area contributed by atoms with Gasteiger partial charge in [-0.05, 0) is 29.1 Å². The van der Waals surface area contributed by atoms with Crippen LogP contribution in [0.5, 0.6) is 5.75 Å². The Balaban J connectivity index is 2.02. The van der Waals surface area contributed by atoms with Crippen molar-refractivity contribution < 1.29 is 9.58 Å². The fraction of sp³-hybridized carbons (Fsp3) is 0.0714. The molecule has 6 heteroatoms. The maximum absolute atomic E-state index is 11.9. The zero-order valence-corrected chi connectivity index (χ0v) is 10.8. The molecule has 6 nitrogen and oxygen atoms in total. The zero-order chi connectivity index (χ0) is 13.9. The number of para-hydroxylation sites is 1. The van der Waals surface area contributed by atoms with Crippen molar-refractivity contribution in [3.05, 3.63) is 53.7 Å². The SMILES string of the molecule is COc1ccc2nc(Nc3ccccc3)n[n+]([O-])c2c1. The highest BCUT2D eigenvalue weighted by atomic mass is 16.5. The van der Waals surface area contributed by atoms with Gasteiger partial charge >= 0.3 is 0 Å². The minimum Gasteiger partial charge on any atom is -0.594 e. The van der Waals surface area contributed by atoms with Crippen molar-refractivity contribution in [1.29, 1.82) is 0 Å². The van der Waals surface area contributed by atoms with Gasteiger partial charge in [-0.2, -0.15) is 0 Å². The second-order valence-electron chi connectivity index (χ2n) is 4.15. The van der Waals surface area contributed by atoms with Gasteiger partial charge in [0.25, 0.3) is 11.5 Å². The lowest BCUT2D eigenvalue weighted by Crippen LogP contribution is -2.33. The number of benzene rings is 2. The number of ether oxygens (including phenoxy) is 1. The summed E-state index contributed by atoms with van der Waals surface area (Å²) in [5.41, 5.74) is 1.73. The van der Waals surface area contributed by atoms with Crippen LogP contribution in [0.15, 0.2) is 48.5 Å². The summed E-state index contributed by atoms with van der Waals surface area (Å²) in [5, 5.41) is 18.8. The topological polar surface area (TPSA) is 74.0 Å². The Morgan fingerprint density at radius 1 is 1.15 bits per heavy atom. The van der Waals surface area contributed by atoms with E-state index in [9.17, 15) is 5.21 Å². The second-order valence-corrected chi connectivity index (χ2v) is 4.15. The van der Waals surface area contributed by atoms with E-state index in [-0.39, 0.29) is 5.95 Å². The first kappa shape index (κ1) is 12.2. The highest BCUT2D eigenvalue weighted by molar-refractivity contribution is 5.74. The van der Waals surface area contributed by atoms with Crippen LogP contribution < -0.4 is 14.9 Å². The maximum Gasteiger partial charge on any atom is 0.295 e. The summed E-state index contributed by atoms with van der Waals surface area (Å²) >= 11 is 0. The highest BCUT2D eigenvalue weighted by Crippen LogP contribution is 2.18. The molecule has 1 heterocycles. The zero-order valence-electron chi connectivity index (χ0n) is 10.8. The van der Waals surface area contributed by atoms with Gasteiger partial charge in [0, 0.05) is 5.69 Å². The number of fused-ring (bicyclic) bond motifs is 1. The fourth-order valence-corrected chi connectivity index (χ4v) is 1.86. The molecule has 0 unspecified atom stereocenters. The molecule has 1 aromatic heterocycles. The molecule has 0 aliphatic rings. The van der Waals surface area contributed by atoms with Gasteiger partial charge in [-0.25, -0.2) is 4.98 Å². The monoisotopic (exact) mass is 268 g/mol. The Labute approximate surface area is 115 Å². The Hall–Kier alpha value is -2.89. The van der Waals surface area contributed by atoms with E-state index in [0.29, 0.717) is 21.6 Å². The van der Waals surface area contributed by atoms with Crippen LogP contribution in [0, 0.1) is 5.21 Å². The third kappa shape index (κ3) is 2.31. The van der Waals surface area contributed by atoms with Gasteiger partial charge in [-0.15, -0.1) is 0 Å². The lowest BCUT2D eigenvalue weighted by molar-refractivity contribution is -0.641. The molecule has 3 rings (SSSR count). The molecule has 1 N–H and O–H groups in total. The fourth-order valence-electron chi connectivity index (χ4n) is 1.86. The number of hydrogen-bond acceptors (Lipinski definition) is 5. The minimum absolute atomic E-state index is 0.254. The van der Waals surface area contributed by atoms with Gasteiger partial charge in [0.2, 0.25) is 0 Å². The molecule has 0 aliphatic carbocycles. The van der Waals surface area contributed by atoms with E-state index in [2.05, 4.69) is 15.4 Å². The maximum atomic E-state index is 11.9. The molecule has 3 aromatic rings. The van der Waals surface area contributed by atoms with Crippen molar-refractivity contribution in [2.45, 2.75) is 0 Å².